The Morgan fingerprint density at radius 3 is 2.79 bits per heavy atom. The number of carbonyl (C=O) groups is 1. The first-order valence-electron chi connectivity index (χ1n) is 4.87. The topological polar surface area (TPSA) is 96.4 Å². The van der Waals surface area contributed by atoms with Crippen LogP contribution in [0.5, 0.6) is 5.75 Å². The van der Waals surface area contributed by atoms with Crippen molar-refractivity contribution >= 4 is 44.7 Å². The number of halogens is 1. The normalized spacial score (nSPS) is 10.6. The maximum atomic E-state index is 11.9. The van der Waals surface area contributed by atoms with Gasteiger partial charge in [-0.25, -0.2) is 13.4 Å². The first-order chi connectivity index (χ1) is 8.97. The smallest absolute Gasteiger partial charge is 0.261 e. The Morgan fingerprint density at radius 2 is 2.16 bits per heavy atom. The molecule has 2 rings (SSSR count). The minimum atomic E-state index is -2.73. The van der Waals surface area contributed by atoms with E-state index in [1.54, 1.807) is 0 Å². The SMILES string of the molecule is O=C(Nc1ncc([SH](=O)=O)s1)c1cc(Cl)ccc1O. The molecule has 1 aromatic heterocycles. The third-order valence-corrected chi connectivity index (χ3v) is 4.24. The van der Waals surface area contributed by atoms with Gasteiger partial charge in [0.05, 0.1) is 11.8 Å². The lowest BCUT2D eigenvalue weighted by Gasteiger charge is -2.04. The van der Waals surface area contributed by atoms with Crippen LogP contribution < -0.4 is 5.32 Å². The van der Waals surface area contributed by atoms with Crippen molar-refractivity contribution in [3.63, 3.8) is 0 Å². The van der Waals surface area contributed by atoms with E-state index in [2.05, 4.69) is 10.3 Å². The number of carbonyl (C=O) groups excluding carboxylic acids is 1. The summed E-state index contributed by atoms with van der Waals surface area (Å²) in [5, 5.41) is 12.3. The number of nitrogens with zero attached hydrogens (tertiary/aromatic N) is 1. The number of anilines is 1. The van der Waals surface area contributed by atoms with E-state index in [4.69, 9.17) is 11.6 Å². The molecule has 0 fully saturated rings. The summed E-state index contributed by atoms with van der Waals surface area (Å²) in [6.45, 7) is 0. The molecule has 9 heteroatoms. The summed E-state index contributed by atoms with van der Waals surface area (Å²) in [4.78, 5) is 15.6. The molecule has 1 heterocycles. The highest BCUT2D eigenvalue weighted by molar-refractivity contribution is 7.75. The van der Waals surface area contributed by atoms with Crippen LogP contribution >= 0.6 is 22.9 Å². The van der Waals surface area contributed by atoms with Crippen molar-refractivity contribution < 1.29 is 18.3 Å². The third-order valence-electron chi connectivity index (χ3n) is 2.10. The second kappa shape index (κ2) is 5.55. The third kappa shape index (κ3) is 3.22. The summed E-state index contributed by atoms with van der Waals surface area (Å²) in [5.74, 6) is -0.851. The van der Waals surface area contributed by atoms with E-state index in [0.29, 0.717) is 5.02 Å². The van der Waals surface area contributed by atoms with Crippen LogP contribution in [0.2, 0.25) is 5.02 Å². The Bertz CT molecular complexity index is 703. The molecule has 0 saturated heterocycles. The number of thiol groups is 1. The number of nitrogens with one attached hydrogen (secondary N) is 1. The summed E-state index contributed by atoms with van der Waals surface area (Å²) in [5.41, 5.74) is -0.0178. The number of aromatic nitrogens is 1. The van der Waals surface area contributed by atoms with Crippen molar-refractivity contribution in [2.24, 2.45) is 0 Å². The standard InChI is InChI=1S/C10H7ClN2O4S2/c11-5-1-2-7(14)6(3-5)9(15)13-10-12-4-8(18-10)19(16)17/h1-4,14,19H,(H,12,13,15). The molecule has 0 unspecified atom stereocenters. The van der Waals surface area contributed by atoms with Crippen LogP contribution in [0, 0.1) is 0 Å². The molecule has 0 spiro atoms. The maximum absolute atomic E-state index is 11.9. The Kier molecular flexibility index (Phi) is 4.03. The fourth-order valence-corrected chi connectivity index (χ4v) is 2.70. The van der Waals surface area contributed by atoms with Gasteiger partial charge < -0.3 is 5.11 Å². The van der Waals surface area contributed by atoms with Crippen molar-refractivity contribution in [2.45, 2.75) is 4.21 Å². The number of phenols is 1. The first kappa shape index (κ1) is 13.8. The van der Waals surface area contributed by atoms with Gasteiger partial charge in [0.15, 0.2) is 15.8 Å². The quantitative estimate of drug-likeness (QED) is 0.749. The lowest BCUT2D eigenvalue weighted by Crippen LogP contribution is -2.11. The summed E-state index contributed by atoms with van der Waals surface area (Å²) >= 11 is 6.55. The first-order valence-corrected chi connectivity index (χ1v) is 7.24. The molecule has 1 aromatic carbocycles. The molecule has 0 atom stereocenters. The van der Waals surface area contributed by atoms with Gasteiger partial charge in [0, 0.05) is 5.02 Å². The van der Waals surface area contributed by atoms with Gasteiger partial charge >= 0.3 is 0 Å². The molecule has 0 bridgehead atoms. The van der Waals surface area contributed by atoms with E-state index in [-0.39, 0.29) is 20.7 Å². The van der Waals surface area contributed by atoms with E-state index < -0.39 is 16.6 Å². The number of hydrogen-bond acceptors (Lipinski definition) is 6. The lowest BCUT2D eigenvalue weighted by atomic mass is 10.2. The van der Waals surface area contributed by atoms with Gasteiger partial charge in [-0.3, -0.25) is 10.1 Å². The van der Waals surface area contributed by atoms with Crippen LogP contribution in [-0.4, -0.2) is 24.4 Å². The summed E-state index contributed by atoms with van der Waals surface area (Å²) < 4.78 is 21.5. The van der Waals surface area contributed by atoms with E-state index in [9.17, 15) is 18.3 Å². The number of rotatable bonds is 3. The second-order valence-electron chi connectivity index (χ2n) is 3.38. The summed E-state index contributed by atoms with van der Waals surface area (Å²) in [6.07, 6.45) is 1.14. The molecule has 1 amide bonds. The molecular weight excluding hydrogens is 312 g/mol. The fraction of sp³-hybridized carbons (Fsp3) is 0. The molecule has 0 aliphatic carbocycles. The Hall–Kier alpha value is -1.64. The van der Waals surface area contributed by atoms with Gasteiger partial charge in [0.25, 0.3) is 5.91 Å². The van der Waals surface area contributed by atoms with Crippen LogP contribution in [0.25, 0.3) is 0 Å². The van der Waals surface area contributed by atoms with E-state index in [0.717, 1.165) is 17.5 Å². The van der Waals surface area contributed by atoms with Crippen molar-refractivity contribution in [1.29, 1.82) is 0 Å². The minimum absolute atomic E-state index is 0.0178. The van der Waals surface area contributed by atoms with Crippen LogP contribution in [0.1, 0.15) is 10.4 Å². The van der Waals surface area contributed by atoms with Crippen molar-refractivity contribution in [2.75, 3.05) is 5.32 Å². The van der Waals surface area contributed by atoms with Crippen molar-refractivity contribution in [3.05, 3.63) is 35.0 Å². The van der Waals surface area contributed by atoms with Gasteiger partial charge in [-0.2, -0.15) is 0 Å². The highest BCUT2D eigenvalue weighted by Crippen LogP contribution is 2.24. The summed E-state index contributed by atoms with van der Waals surface area (Å²) in [7, 11) is -2.73. The Morgan fingerprint density at radius 1 is 1.42 bits per heavy atom. The van der Waals surface area contributed by atoms with Gasteiger partial charge in [0.2, 0.25) is 0 Å². The zero-order chi connectivity index (χ0) is 14.0. The molecule has 100 valence electrons. The molecular formula is C10H7ClN2O4S2. The molecule has 2 aromatic rings. The Labute approximate surface area is 118 Å². The number of benzene rings is 1. The van der Waals surface area contributed by atoms with Gasteiger partial charge in [-0.15, -0.1) is 0 Å². The molecule has 0 aliphatic rings. The number of aromatic hydroxyl groups is 1. The number of phenolic OH excluding ortho intramolecular Hbond substituents is 1. The highest BCUT2D eigenvalue weighted by atomic mass is 35.5. The lowest BCUT2D eigenvalue weighted by molar-refractivity contribution is 0.102. The van der Waals surface area contributed by atoms with Crippen molar-refractivity contribution in [3.8, 4) is 5.75 Å². The monoisotopic (exact) mass is 318 g/mol. The van der Waals surface area contributed by atoms with Gasteiger partial charge in [-0.1, -0.05) is 22.9 Å². The van der Waals surface area contributed by atoms with Crippen LogP contribution in [0.4, 0.5) is 5.13 Å². The van der Waals surface area contributed by atoms with E-state index in [1.165, 1.54) is 18.2 Å². The maximum Gasteiger partial charge on any atom is 0.261 e. The number of amides is 1. The zero-order valence-corrected chi connectivity index (χ0v) is 11.6. The van der Waals surface area contributed by atoms with Gasteiger partial charge in [0.1, 0.15) is 9.96 Å². The van der Waals surface area contributed by atoms with E-state index >= 15 is 0 Å². The van der Waals surface area contributed by atoms with Crippen molar-refractivity contribution in [1.82, 2.24) is 4.98 Å². The predicted molar refractivity (Wildman–Crippen MR) is 71.8 cm³/mol. The molecule has 0 radical (unpaired) electrons. The number of thiazole rings is 1. The zero-order valence-electron chi connectivity index (χ0n) is 9.16. The second-order valence-corrected chi connectivity index (χ2v) is 6.14. The average Bonchev–Trinajstić information content (AvgIpc) is 2.80. The molecule has 19 heavy (non-hydrogen) atoms. The Balaban J connectivity index is 2.22. The number of hydrogen-bond donors (Lipinski definition) is 3. The molecule has 2 N–H and O–H groups in total. The molecule has 0 aliphatic heterocycles. The van der Waals surface area contributed by atoms with Crippen LogP contribution in [-0.2, 0) is 10.7 Å². The average molecular weight is 319 g/mol. The fourth-order valence-electron chi connectivity index (χ4n) is 1.26. The molecule has 6 nitrogen and oxygen atoms in total. The minimum Gasteiger partial charge on any atom is -0.507 e. The van der Waals surface area contributed by atoms with Gasteiger partial charge in [-0.05, 0) is 18.2 Å². The van der Waals surface area contributed by atoms with E-state index in [1.807, 2.05) is 0 Å². The summed E-state index contributed by atoms with van der Waals surface area (Å²) in [6, 6.07) is 4.03. The molecule has 0 saturated carbocycles. The predicted octanol–water partition coefficient (Wildman–Crippen LogP) is 1.72. The van der Waals surface area contributed by atoms with Crippen LogP contribution in [0.15, 0.2) is 28.6 Å². The van der Waals surface area contributed by atoms with Crippen LogP contribution in [0.3, 0.4) is 0 Å². The largest absolute Gasteiger partial charge is 0.507 e. The highest BCUT2D eigenvalue weighted by Gasteiger charge is 2.14.